The van der Waals surface area contributed by atoms with Crippen LogP contribution in [-0.4, -0.2) is 0 Å². The molecule has 0 heteroatoms. The fraction of sp³-hybridized carbons (Fsp3) is 0.538. The zero-order valence-electron chi connectivity index (χ0n) is 9.84. The lowest BCUT2D eigenvalue weighted by molar-refractivity contribution is 0.961. The Kier molecular flexibility index (Phi) is 42.2. The molecule has 0 fully saturated rings. The Labute approximate surface area is 85.1 Å². The predicted octanol–water partition coefficient (Wildman–Crippen LogP) is 5.14. The molecule has 0 unspecified atom stereocenters. The summed E-state index contributed by atoms with van der Waals surface area (Å²) in [5, 5.41) is 0. The largest absolute Gasteiger partial charge is 0.103 e. The van der Waals surface area contributed by atoms with Gasteiger partial charge < -0.3 is 0 Å². The van der Waals surface area contributed by atoms with Crippen LogP contribution in [0.4, 0.5) is 0 Å². The molecule has 0 aromatic carbocycles. The monoisotopic (exact) mass is 182 g/mol. The average Bonchev–Trinajstić information content (AvgIpc) is 2.20. The van der Waals surface area contributed by atoms with Crippen molar-refractivity contribution in [3.8, 4) is 0 Å². The van der Waals surface area contributed by atoms with Gasteiger partial charge in [-0.3, -0.25) is 0 Å². The van der Waals surface area contributed by atoms with Gasteiger partial charge in [-0.25, -0.2) is 0 Å². The molecule has 0 spiro atoms. The quantitative estimate of drug-likeness (QED) is 0.530. The maximum atomic E-state index is 3.55. The third kappa shape index (κ3) is 92.0. The molecule has 0 heterocycles. The lowest BCUT2D eigenvalue weighted by Crippen LogP contribution is -1.52. The molecule has 0 nitrogen and oxygen atoms in total. The fourth-order valence-electron chi connectivity index (χ4n) is 0.204. The van der Waals surface area contributed by atoms with Gasteiger partial charge in [0, 0.05) is 0 Å². The Bertz CT molecular complexity index is 94.6. The SMILES string of the molecule is C=CCC.C=CCCC.CC=CC. The van der Waals surface area contributed by atoms with Crippen LogP contribution in [0.25, 0.3) is 0 Å². The molecule has 13 heavy (non-hydrogen) atoms. The van der Waals surface area contributed by atoms with E-state index >= 15 is 0 Å². The van der Waals surface area contributed by atoms with E-state index < -0.39 is 0 Å². The molecule has 0 aliphatic rings. The maximum absolute atomic E-state index is 3.55. The van der Waals surface area contributed by atoms with Crippen LogP contribution in [0.2, 0.25) is 0 Å². The van der Waals surface area contributed by atoms with E-state index in [1.807, 2.05) is 38.2 Å². The van der Waals surface area contributed by atoms with E-state index in [1.54, 1.807) is 0 Å². The molecular weight excluding hydrogens is 156 g/mol. The van der Waals surface area contributed by atoms with Gasteiger partial charge in [-0.05, 0) is 26.7 Å². The molecule has 0 bridgehead atoms. The summed E-state index contributed by atoms with van der Waals surface area (Å²) in [6, 6.07) is 0. The maximum Gasteiger partial charge on any atom is -0.0356 e. The standard InChI is InChI=1S/C5H10.2C4H8/c1-3-5-4-2;2*1-3-4-2/h3H,1,4-5H2,2H3;3-4H,1-2H3;3H,1,4H2,2H3. The van der Waals surface area contributed by atoms with E-state index in [9.17, 15) is 0 Å². The molecule has 0 amide bonds. The van der Waals surface area contributed by atoms with Gasteiger partial charge in [0.1, 0.15) is 0 Å². The van der Waals surface area contributed by atoms with E-state index in [1.165, 1.54) is 6.42 Å². The van der Waals surface area contributed by atoms with Crippen molar-refractivity contribution in [1.82, 2.24) is 0 Å². The average molecular weight is 182 g/mol. The van der Waals surface area contributed by atoms with Gasteiger partial charge in [0.05, 0.1) is 0 Å². The minimum atomic E-state index is 1.08. The summed E-state index contributed by atoms with van der Waals surface area (Å²) in [5.41, 5.74) is 0. The van der Waals surface area contributed by atoms with Gasteiger partial charge in [0.2, 0.25) is 0 Å². The molecule has 78 valence electrons. The lowest BCUT2D eigenvalue weighted by atomic mass is 10.3. The van der Waals surface area contributed by atoms with Gasteiger partial charge in [0.25, 0.3) is 0 Å². The lowest BCUT2D eigenvalue weighted by Gasteiger charge is -1.72. The van der Waals surface area contributed by atoms with E-state index in [4.69, 9.17) is 0 Å². The smallest absolute Gasteiger partial charge is 0.0356 e. The molecule has 0 N–H and O–H groups in total. The summed E-state index contributed by atoms with van der Waals surface area (Å²) >= 11 is 0. The number of unbranched alkanes of at least 4 members (excludes halogenated alkanes) is 1. The normalized spacial score (nSPS) is 7.69. The zero-order valence-corrected chi connectivity index (χ0v) is 9.84. The van der Waals surface area contributed by atoms with Gasteiger partial charge in [-0.15, -0.1) is 13.2 Å². The summed E-state index contributed by atoms with van der Waals surface area (Å²) in [5.74, 6) is 0. The molecule has 0 saturated heterocycles. The van der Waals surface area contributed by atoms with Crippen molar-refractivity contribution in [2.45, 2.75) is 47.0 Å². The first-order valence-corrected chi connectivity index (χ1v) is 5.04. The number of hydrogen-bond donors (Lipinski definition) is 0. The Balaban J connectivity index is -0.000000117. The highest BCUT2D eigenvalue weighted by molar-refractivity contribution is 4.68. The molecule has 0 aromatic rings. The second-order valence-corrected chi connectivity index (χ2v) is 2.44. The second-order valence-electron chi connectivity index (χ2n) is 2.44. The Morgan fingerprint density at radius 3 is 1.31 bits per heavy atom. The van der Waals surface area contributed by atoms with E-state index in [2.05, 4.69) is 27.0 Å². The van der Waals surface area contributed by atoms with Crippen LogP contribution in [0.3, 0.4) is 0 Å². The van der Waals surface area contributed by atoms with Crippen molar-refractivity contribution < 1.29 is 0 Å². The highest BCUT2D eigenvalue weighted by atomic mass is 13.7. The summed E-state index contributed by atoms with van der Waals surface area (Å²) < 4.78 is 0. The van der Waals surface area contributed by atoms with E-state index in [0.717, 1.165) is 12.8 Å². The van der Waals surface area contributed by atoms with Crippen LogP contribution in [0.15, 0.2) is 37.5 Å². The molecule has 0 aliphatic heterocycles. The summed E-state index contributed by atoms with van der Waals surface area (Å²) in [4.78, 5) is 0. The second kappa shape index (κ2) is 30.3. The van der Waals surface area contributed by atoms with E-state index in [-0.39, 0.29) is 0 Å². The fourth-order valence-corrected chi connectivity index (χ4v) is 0.204. The molecule has 0 saturated carbocycles. The summed E-state index contributed by atoms with van der Waals surface area (Å²) in [7, 11) is 0. The van der Waals surface area contributed by atoms with Crippen LogP contribution in [0.1, 0.15) is 47.0 Å². The predicted molar refractivity (Wildman–Crippen MR) is 66.1 cm³/mol. The van der Waals surface area contributed by atoms with Gasteiger partial charge in [-0.2, -0.15) is 0 Å². The summed E-state index contributed by atoms with van der Waals surface area (Å²) in [6.45, 7) is 15.2. The van der Waals surface area contributed by atoms with Crippen molar-refractivity contribution in [2.75, 3.05) is 0 Å². The molecule has 0 rings (SSSR count). The minimum Gasteiger partial charge on any atom is -0.103 e. The third-order valence-corrected chi connectivity index (χ3v) is 1.11. The number of hydrogen-bond acceptors (Lipinski definition) is 0. The molecule has 0 atom stereocenters. The molecule has 0 aromatic heterocycles. The van der Waals surface area contributed by atoms with Crippen molar-refractivity contribution >= 4 is 0 Å². The number of allylic oxidation sites excluding steroid dienone is 4. The molecular formula is C13H26. The van der Waals surface area contributed by atoms with Crippen molar-refractivity contribution in [2.24, 2.45) is 0 Å². The zero-order chi connectivity index (χ0) is 10.9. The first-order valence-electron chi connectivity index (χ1n) is 5.04. The van der Waals surface area contributed by atoms with Crippen LogP contribution in [0, 0.1) is 0 Å². The van der Waals surface area contributed by atoms with Crippen molar-refractivity contribution in [3.63, 3.8) is 0 Å². The number of rotatable bonds is 3. The van der Waals surface area contributed by atoms with Crippen molar-refractivity contribution in [1.29, 1.82) is 0 Å². The molecule has 0 radical (unpaired) electrons. The Hall–Kier alpha value is -0.780. The highest BCUT2D eigenvalue weighted by Crippen LogP contribution is 1.82. The van der Waals surface area contributed by atoms with E-state index in [0.29, 0.717) is 0 Å². The first kappa shape index (κ1) is 18.1. The van der Waals surface area contributed by atoms with Crippen LogP contribution < -0.4 is 0 Å². The van der Waals surface area contributed by atoms with Crippen LogP contribution >= 0.6 is 0 Å². The van der Waals surface area contributed by atoms with Crippen LogP contribution in [0.5, 0.6) is 0 Å². The Morgan fingerprint density at radius 2 is 1.31 bits per heavy atom. The molecule has 0 aliphatic carbocycles. The first-order chi connectivity index (χ1) is 6.24. The highest BCUT2D eigenvalue weighted by Gasteiger charge is 1.61. The van der Waals surface area contributed by atoms with Gasteiger partial charge >= 0.3 is 0 Å². The topological polar surface area (TPSA) is 0 Å². The minimum absolute atomic E-state index is 1.08. The Morgan fingerprint density at radius 1 is 0.923 bits per heavy atom. The third-order valence-electron chi connectivity index (χ3n) is 1.11. The van der Waals surface area contributed by atoms with Crippen LogP contribution in [-0.2, 0) is 0 Å². The van der Waals surface area contributed by atoms with Gasteiger partial charge in [-0.1, -0.05) is 44.6 Å². The van der Waals surface area contributed by atoms with Crippen molar-refractivity contribution in [3.05, 3.63) is 37.5 Å². The van der Waals surface area contributed by atoms with Gasteiger partial charge in [0.15, 0.2) is 0 Å². The summed E-state index contributed by atoms with van der Waals surface area (Å²) in [6.07, 6.45) is 11.3.